The van der Waals surface area contributed by atoms with Crippen molar-refractivity contribution in [2.24, 2.45) is 0 Å². The van der Waals surface area contributed by atoms with Crippen molar-refractivity contribution in [1.82, 2.24) is 4.90 Å². The highest BCUT2D eigenvalue weighted by Gasteiger charge is 2.49. The van der Waals surface area contributed by atoms with Gasteiger partial charge in [-0.15, -0.1) is 0 Å². The summed E-state index contributed by atoms with van der Waals surface area (Å²) in [6, 6.07) is 15.0. The summed E-state index contributed by atoms with van der Waals surface area (Å²) in [5.74, 6) is -1.79. The number of nitrogens with zero attached hydrogens (tertiary/aromatic N) is 1. The molecule has 1 heterocycles. The van der Waals surface area contributed by atoms with Crippen molar-refractivity contribution in [1.29, 1.82) is 0 Å². The van der Waals surface area contributed by atoms with Crippen molar-refractivity contribution >= 4 is 11.9 Å². The summed E-state index contributed by atoms with van der Waals surface area (Å²) in [6.07, 6.45) is -0.0939. The van der Waals surface area contributed by atoms with Gasteiger partial charge in [-0.25, -0.2) is 9.18 Å². The molecule has 6 heteroatoms. The first kappa shape index (κ1) is 20.0. The molecule has 1 aliphatic rings. The zero-order valence-corrected chi connectivity index (χ0v) is 16.1. The Morgan fingerprint density at radius 3 is 2.50 bits per heavy atom. The van der Waals surface area contributed by atoms with Crippen LogP contribution in [0, 0.1) is 5.82 Å². The van der Waals surface area contributed by atoms with Crippen LogP contribution in [0.2, 0.25) is 0 Å². The summed E-state index contributed by atoms with van der Waals surface area (Å²) >= 11 is 0. The number of carbonyl (C=O) groups excluding carboxylic acids is 2. The van der Waals surface area contributed by atoms with Crippen molar-refractivity contribution in [2.75, 3.05) is 20.1 Å². The number of carbonyl (C=O) groups is 2. The Balaban J connectivity index is 1.99. The third-order valence-electron chi connectivity index (χ3n) is 5.05. The van der Waals surface area contributed by atoms with E-state index in [4.69, 9.17) is 9.47 Å². The van der Waals surface area contributed by atoms with E-state index < -0.39 is 23.5 Å². The van der Waals surface area contributed by atoms with E-state index in [9.17, 15) is 14.0 Å². The van der Waals surface area contributed by atoms with Crippen LogP contribution in [0.4, 0.5) is 4.39 Å². The van der Waals surface area contributed by atoms with Crippen molar-refractivity contribution < 1.29 is 23.5 Å². The third kappa shape index (κ3) is 4.07. The molecule has 0 amide bonds. The van der Waals surface area contributed by atoms with Crippen LogP contribution in [-0.4, -0.2) is 43.1 Å². The van der Waals surface area contributed by atoms with Crippen LogP contribution < -0.4 is 0 Å². The highest BCUT2D eigenvalue weighted by Crippen LogP contribution is 2.39. The smallest absolute Gasteiger partial charge is 0.341 e. The van der Waals surface area contributed by atoms with Crippen LogP contribution in [0.25, 0.3) is 0 Å². The summed E-state index contributed by atoms with van der Waals surface area (Å²) < 4.78 is 25.7. The van der Waals surface area contributed by atoms with Gasteiger partial charge in [0.2, 0.25) is 0 Å². The van der Waals surface area contributed by atoms with Gasteiger partial charge in [0.1, 0.15) is 5.82 Å². The third-order valence-corrected chi connectivity index (χ3v) is 5.05. The summed E-state index contributed by atoms with van der Waals surface area (Å²) in [5.41, 5.74) is -0.488. The van der Waals surface area contributed by atoms with E-state index in [0.29, 0.717) is 19.5 Å². The summed E-state index contributed by atoms with van der Waals surface area (Å²) in [7, 11) is 1.90. The lowest BCUT2D eigenvalue weighted by atomic mass is 9.81. The number of halogens is 1. The van der Waals surface area contributed by atoms with Gasteiger partial charge < -0.3 is 14.4 Å². The SMILES string of the molecule is CCC(=O)OC1(c2ccccc2)CCN(C)CC1OC(=O)c1ccccc1F. The van der Waals surface area contributed by atoms with Crippen molar-refractivity contribution in [3.8, 4) is 0 Å². The summed E-state index contributed by atoms with van der Waals surface area (Å²) in [6.45, 7) is 2.75. The predicted molar refractivity (Wildman–Crippen MR) is 102 cm³/mol. The van der Waals surface area contributed by atoms with Crippen LogP contribution in [0.1, 0.15) is 35.7 Å². The number of likely N-dealkylation sites (N-methyl/N-ethyl adjacent to an activating group) is 1. The van der Waals surface area contributed by atoms with Crippen LogP contribution in [-0.2, 0) is 19.9 Å². The maximum absolute atomic E-state index is 14.1. The molecule has 1 saturated heterocycles. The summed E-state index contributed by atoms with van der Waals surface area (Å²) in [4.78, 5) is 27.0. The van der Waals surface area contributed by atoms with Crippen LogP contribution >= 0.6 is 0 Å². The normalized spacial score (nSPS) is 22.5. The minimum absolute atomic E-state index is 0.139. The predicted octanol–water partition coefficient (Wildman–Crippen LogP) is 3.54. The molecule has 0 N–H and O–H groups in total. The lowest BCUT2D eigenvalue weighted by molar-refractivity contribution is -0.187. The topological polar surface area (TPSA) is 55.8 Å². The largest absolute Gasteiger partial charge is 0.453 e. The van der Waals surface area contributed by atoms with Gasteiger partial charge in [-0.3, -0.25) is 4.79 Å². The minimum Gasteiger partial charge on any atom is -0.453 e. The quantitative estimate of drug-likeness (QED) is 0.737. The van der Waals surface area contributed by atoms with Gasteiger partial charge >= 0.3 is 11.9 Å². The molecule has 0 bridgehead atoms. The van der Waals surface area contributed by atoms with E-state index in [0.717, 1.165) is 5.56 Å². The second kappa shape index (κ2) is 8.52. The number of benzene rings is 2. The van der Waals surface area contributed by atoms with Crippen LogP contribution in [0.3, 0.4) is 0 Å². The molecule has 0 radical (unpaired) electrons. The molecule has 148 valence electrons. The van der Waals surface area contributed by atoms with Gasteiger partial charge in [-0.2, -0.15) is 0 Å². The standard InChI is InChI=1S/C22H24FNO4/c1-3-20(25)28-22(16-9-5-4-6-10-16)13-14-24(2)15-19(22)27-21(26)17-11-7-8-12-18(17)23/h4-12,19H,3,13-15H2,1-2H3. The highest BCUT2D eigenvalue weighted by molar-refractivity contribution is 5.89. The fraction of sp³-hybridized carbons (Fsp3) is 0.364. The molecule has 2 atom stereocenters. The molecular formula is C22H24FNO4. The van der Waals surface area contributed by atoms with Crippen LogP contribution in [0.5, 0.6) is 0 Å². The van der Waals surface area contributed by atoms with Gasteiger partial charge in [-0.1, -0.05) is 49.4 Å². The second-order valence-corrected chi connectivity index (χ2v) is 6.97. The molecule has 3 rings (SSSR count). The number of piperidine rings is 1. The monoisotopic (exact) mass is 385 g/mol. The Kier molecular flexibility index (Phi) is 6.09. The fourth-order valence-corrected chi connectivity index (χ4v) is 3.49. The number of likely N-dealkylation sites (tertiary alicyclic amines) is 1. The molecule has 0 aliphatic carbocycles. The molecule has 28 heavy (non-hydrogen) atoms. The Labute approximate surface area is 164 Å². The van der Waals surface area contributed by atoms with E-state index in [1.165, 1.54) is 18.2 Å². The summed E-state index contributed by atoms with van der Waals surface area (Å²) in [5, 5.41) is 0. The van der Waals surface area contributed by atoms with E-state index in [2.05, 4.69) is 0 Å². The zero-order valence-electron chi connectivity index (χ0n) is 16.1. The lowest BCUT2D eigenvalue weighted by Gasteiger charge is -2.45. The lowest BCUT2D eigenvalue weighted by Crippen LogP contribution is -2.56. The maximum Gasteiger partial charge on any atom is 0.341 e. The highest BCUT2D eigenvalue weighted by atomic mass is 19.1. The van der Waals surface area contributed by atoms with Gasteiger partial charge in [0.25, 0.3) is 0 Å². The molecule has 1 fully saturated rings. The average molecular weight is 385 g/mol. The van der Waals surface area contributed by atoms with Gasteiger partial charge in [0, 0.05) is 25.9 Å². The minimum atomic E-state index is -1.11. The first-order chi connectivity index (χ1) is 13.5. The second-order valence-electron chi connectivity index (χ2n) is 6.97. The molecule has 5 nitrogen and oxygen atoms in total. The van der Waals surface area contributed by atoms with E-state index in [1.54, 1.807) is 13.0 Å². The first-order valence-electron chi connectivity index (χ1n) is 9.37. The number of rotatable bonds is 5. The van der Waals surface area contributed by atoms with Crippen molar-refractivity contribution in [2.45, 2.75) is 31.5 Å². The Morgan fingerprint density at radius 1 is 1.14 bits per heavy atom. The number of esters is 2. The molecule has 1 aliphatic heterocycles. The van der Waals surface area contributed by atoms with Gasteiger partial charge in [0.05, 0.1) is 5.56 Å². The fourth-order valence-electron chi connectivity index (χ4n) is 3.49. The van der Waals surface area contributed by atoms with E-state index in [1.807, 2.05) is 42.3 Å². The zero-order chi connectivity index (χ0) is 20.1. The van der Waals surface area contributed by atoms with E-state index >= 15 is 0 Å². The molecule has 2 aromatic rings. The molecule has 2 unspecified atom stereocenters. The number of hydrogen-bond acceptors (Lipinski definition) is 5. The molecule has 0 saturated carbocycles. The molecular weight excluding hydrogens is 361 g/mol. The molecule has 0 aromatic heterocycles. The van der Waals surface area contributed by atoms with Crippen LogP contribution in [0.15, 0.2) is 54.6 Å². The van der Waals surface area contributed by atoms with Crippen molar-refractivity contribution in [3.05, 3.63) is 71.5 Å². The van der Waals surface area contributed by atoms with Gasteiger partial charge in [0.15, 0.2) is 11.7 Å². The van der Waals surface area contributed by atoms with E-state index in [-0.39, 0.29) is 18.0 Å². The maximum atomic E-state index is 14.1. The number of hydrogen-bond donors (Lipinski definition) is 0. The Hall–Kier alpha value is -2.73. The Bertz CT molecular complexity index is 841. The molecule has 0 spiro atoms. The Morgan fingerprint density at radius 2 is 1.82 bits per heavy atom. The van der Waals surface area contributed by atoms with Gasteiger partial charge in [-0.05, 0) is 24.7 Å². The first-order valence-corrected chi connectivity index (χ1v) is 9.37. The molecule has 2 aromatic carbocycles. The average Bonchev–Trinajstić information content (AvgIpc) is 2.71. The number of ether oxygens (including phenoxy) is 2. The van der Waals surface area contributed by atoms with Crippen molar-refractivity contribution in [3.63, 3.8) is 0 Å².